The second-order valence-electron chi connectivity index (χ2n) is 4.92. The molecule has 102 valence electrons. The number of hydrogen-bond donors (Lipinski definition) is 1. The minimum Gasteiger partial charge on any atom is -0.480 e. The number of carboxylic acids is 1. The van der Waals surface area contributed by atoms with Crippen LogP contribution in [0.2, 0.25) is 0 Å². The number of anilines is 1. The van der Waals surface area contributed by atoms with Gasteiger partial charge in [-0.3, -0.25) is 4.79 Å². The molecule has 1 aliphatic rings. The van der Waals surface area contributed by atoms with E-state index in [0.29, 0.717) is 18.7 Å². The SMILES string of the molecule is CC(=O)c1cccc(N2CCN(C)CC2C(=O)O)c1. The van der Waals surface area contributed by atoms with Gasteiger partial charge in [0.2, 0.25) is 0 Å². The number of hydrogen-bond acceptors (Lipinski definition) is 4. The maximum absolute atomic E-state index is 11.4. The summed E-state index contributed by atoms with van der Waals surface area (Å²) >= 11 is 0. The van der Waals surface area contributed by atoms with Crippen LogP contribution < -0.4 is 4.90 Å². The number of likely N-dealkylation sites (N-methyl/N-ethyl adjacent to an activating group) is 1. The Balaban J connectivity index is 2.30. The molecule has 1 aliphatic heterocycles. The molecule has 1 fully saturated rings. The number of ketones is 1. The predicted octanol–water partition coefficient (Wildman–Crippen LogP) is 1.09. The molecular formula is C14H18N2O3. The second-order valence-corrected chi connectivity index (χ2v) is 4.92. The lowest BCUT2D eigenvalue weighted by molar-refractivity contribution is -0.139. The number of rotatable bonds is 3. The highest BCUT2D eigenvalue weighted by molar-refractivity contribution is 5.95. The van der Waals surface area contributed by atoms with Gasteiger partial charge in [-0.25, -0.2) is 4.79 Å². The van der Waals surface area contributed by atoms with Gasteiger partial charge in [0.25, 0.3) is 0 Å². The number of piperazine rings is 1. The van der Waals surface area contributed by atoms with Crippen LogP contribution in [0.15, 0.2) is 24.3 Å². The second kappa shape index (κ2) is 5.40. The highest BCUT2D eigenvalue weighted by Crippen LogP contribution is 2.22. The Morgan fingerprint density at radius 2 is 2.05 bits per heavy atom. The zero-order valence-corrected chi connectivity index (χ0v) is 11.2. The van der Waals surface area contributed by atoms with Crippen molar-refractivity contribution in [2.75, 3.05) is 31.6 Å². The lowest BCUT2D eigenvalue weighted by Gasteiger charge is -2.39. The first-order valence-corrected chi connectivity index (χ1v) is 6.28. The minimum atomic E-state index is -0.834. The minimum absolute atomic E-state index is 0.0112. The third-order valence-electron chi connectivity index (χ3n) is 3.45. The van der Waals surface area contributed by atoms with Crippen molar-refractivity contribution in [3.8, 4) is 0 Å². The third-order valence-corrected chi connectivity index (χ3v) is 3.45. The standard InChI is InChI=1S/C14H18N2O3/c1-10(17)11-4-3-5-12(8-11)16-7-6-15(2)9-13(16)14(18)19/h3-5,8,13H,6-7,9H2,1-2H3,(H,18,19). The molecule has 5 heteroatoms. The van der Waals surface area contributed by atoms with Crippen LogP contribution in [-0.2, 0) is 4.79 Å². The van der Waals surface area contributed by atoms with Gasteiger partial charge in [0.05, 0.1) is 0 Å². The number of nitrogens with zero attached hydrogens (tertiary/aromatic N) is 2. The van der Waals surface area contributed by atoms with E-state index in [1.54, 1.807) is 18.2 Å². The van der Waals surface area contributed by atoms with Gasteiger partial charge in [0.15, 0.2) is 5.78 Å². The van der Waals surface area contributed by atoms with Crippen LogP contribution >= 0.6 is 0 Å². The number of benzene rings is 1. The number of carbonyl (C=O) groups excluding carboxylic acids is 1. The topological polar surface area (TPSA) is 60.9 Å². The van der Waals surface area contributed by atoms with Gasteiger partial charge in [-0.2, -0.15) is 0 Å². The van der Waals surface area contributed by atoms with Crippen molar-refractivity contribution in [3.05, 3.63) is 29.8 Å². The molecule has 2 rings (SSSR count). The van der Waals surface area contributed by atoms with Crippen LogP contribution in [0.3, 0.4) is 0 Å². The Morgan fingerprint density at radius 3 is 2.68 bits per heavy atom. The van der Waals surface area contributed by atoms with E-state index < -0.39 is 12.0 Å². The third kappa shape index (κ3) is 2.93. The Labute approximate surface area is 112 Å². The fraction of sp³-hybridized carbons (Fsp3) is 0.429. The quantitative estimate of drug-likeness (QED) is 0.826. The van der Waals surface area contributed by atoms with Crippen LogP contribution in [0.5, 0.6) is 0 Å². The maximum Gasteiger partial charge on any atom is 0.327 e. The maximum atomic E-state index is 11.4. The summed E-state index contributed by atoms with van der Waals surface area (Å²) in [5.41, 5.74) is 1.41. The van der Waals surface area contributed by atoms with E-state index in [-0.39, 0.29) is 5.78 Å². The fourth-order valence-corrected chi connectivity index (χ4v) is 2.34. The van der Waals surface area contributed by atoms with Crippen molar-refractivity contribution < 1.29 is 14.7 Å². The van der Waals surface area contributed by atoms with Gasteiger partial charge in [0, 0.05) is 30.9 Å². The summed E-state index contributed by atoms with van der Waals surface area (Å²) in [5.74, 6) is -0.845. The molecule has 1 aromatic rings. The van der Waals surface area contributed by atoms with Gasteiger partial charge < -0.3 is 14.9 Å². The highest BCUT2D eigenvalue weighted by Gasteiger charge is 2.31. The molecule has 0 amide bonds. The molecular weight excluding hydrogens is 244 g/mol. The molecule has 19 heavy (non-hydrogen) atoms. The predicted molar refractivity (Wildman–Crippen MR) is 72.7 cm³/mol. The van der Waals surface area contributed by atoms with Crippen LogP contribution in [0.25, 0.3) is 0 Å². The van der Waals surface area contributed by atoms with Crippen LogP contribution in [0, 0.1) is 0 Å². The van der Waals surface area contributed by atoms with Crippen LogP contribution in [0.4, 0.5) is 5.69 Å². The van der Waals surface area contributed by atoms with Crippen molar-refractivity contribution in [3.63, 3.8) is 0 Å². The molecule has 1 atom stereocenters. The molecule has 0 aliphatic carbocycles. The van der Waals surface area contributed by atoms with E-state index in [9.17, 15) is 14.7 Å². The van der Waals surface area contributed by atoms with Gasteiger partial charge in [-0.15, -0.1) is 0 Å². The van der Waals surface area contributed by atoms with E-state index >= 15 is 0 Å². The van der Waals surface area contributed by atoms with E-state index in [1.165, 1.54) is 6.92 Å². The molecule has 0 aromatic heterocycles. The number of carbonyl (C=O) groups is 2. The Kier molecular flexibility index (Phi) is 3.85. The molecule has 0 radical (unpaired) electrons. The zero-order valence-electron chi connectivity index (χ0n) is 11.2. The summed E-state index contributed by atoms with van der Waals surface area (Å²) in [6, 6.07) is 6.60. The molecule has 5 nitrogen and oxygen atoms in total. The molecule has 1 saturated heterocycles. The van der Waals surface area contributed by atoms with E-state index in [2.05, 4.69) is 0 Å². The summed E-state index contributed by atoms with van der Waals surface area (Å²) < 4.78 is 0. The van der Waals surface area contributed by atoms with Gasteiger partial charge in [-0.05, 0) is 26.1 Å². The van der Waals surface area contributed by atoms with Gasteiger partial charge in [-0.1, -0.05) is 12.1 Å². The van der Waals surface area contributed by atoms with E-state index in [1.807, 2.05) is 22.9 Å². The molecule has 1 N–H and O–H groups in total. The molecule has 0 bridgehead atoms. The summed E-state index contributed by atoms with van der Waals surface area (Å²) in [5, 5.41) is 9.33. The van der Waals surface area contributed by atoms with Crippen LogP contribution in [-0.4, -0.2) is 54.5 Å². The summed E-state index contributed by atoms with van der Waals surface area (Å²) in [7, 11) is 1.92. The first-order valence-electron chi connectivity index (χ1n) is 6.28. The van der Waals surface area contributed by atoms with Crippen molar-refractivity contribution >= 4 is 17.4 Å². The number of carboxylic acid groups (broad SMARTS) is 1. The average Bonchev–Trinajstić information content (AvgIpc) is 2.38. The van der Waals surface area contributed by atoms with E-state index in [4.69, 9.17) is 0 Å². The molecule has 1 heterocycles. The Bertz CT molecular complexity index is 501. The van der Waals surface area contributed by atoms with Crippen molar-refractivity contribution in [1.29, 1.82) is 0 Å². The van der Waals surface area contributed by atoms with Crippen molar-refractivity contribution in [1.82, 2.24) is 4.90 Å². The fourth-order valence-electron chi connectivity index (χ4n) is 2.34. The monoisotopic (exact) mass is 262 g/mol. The van der Waals surface area contributed by atoms with E-state index in [0.717, 1.165) is 12.2 Å². The summed E-state index contributed by atoms with van der Waals surface area (Å²) in [4.78, 5) is 26.6. The lowest BCUT2D eigenvalue weighted by Crippen LogP contribution is -2.55. The summed E-state index contributed by atoms with van der Waals surface area (Å²) in [6.07, 6.45) is 0. The Morgan fingerprint density at radius 1 is 1.32 bits per heavy atom. The smallest absolute Gasteiger partial charge is 0.327 e. The number of Topliss-reactive ketones (excluding diaryl/α,β-unsaturated/α-hetero) is 1. The highest BCUT2D eigenvalue weighted by atomic mass is 16.4. The van der Waals surface area contributed by atoms with Crippen molar-refractivity contribution in [2.24, 2.45) is 0 Å². The van der Waals surface area contributed by atoms with Crippen LogP contribution in [0.1, 0.15) is 17.3 Å². The molecule has 0 spiro atoms. The van der Waals surface area contributed by atoms with Crippen molar-refractivity contribution in [2.45, 2.75) is 13.0 Å². The number of aliphatic carboxylic acids is 1. The first kappa shape index (κ1) is 13.5. The zero-order chi connectivity index (χ0) is 14.0. The largest absolute Gasteiger partial charge is 0.480 e. The average molecular weight is 262 g/mol. The molecule has 0 saturated carbocycles. The summed E-state index contributed by atoms with van der Waals surface area (Å²) in [6.45, 7) is 3.46. The van der Waals surface area contributed by atoms with Gasteiger partial charge in [0.1, 0.15) is 6.04 Å². The first-order chi connectivity index (χ1) is 8.99. The Hall–Kier alpha value is -1.88. The molecule has 1 unspecified atom stereocenters. The molecule has 1 aromatic carbocycles. The lowest BCUT2D eigenvalue weighted by atomic mass is 10.1. The normalized spacial score (nSPS) is 20.3. The van der Waals surface area contributed by atoms with Gasteiger partial charge >= 0.3 is 5.97 Å².